The fourth-order valence-electron chi connectivity index (χ4n) is 9.88. The Bertz CT molecular complexity index is 3150. The van der Waals surface area contributed by atoms with Crippen molar-refractivity contribution in [2.24, 2.45) is 0 Å². The molecule has 2 unspecified atom stereocenters. The van der Waals surface area contributed by atoms with E-state index in [0.29, 0.717) is 0 Å². The molecule has 1 nitrogen and oxygen atoms in total. The first-order valence-electron chi connectivity index (χ1n) is 19.3. The number of fused-ring (bicyclic) bond motifs is 10. The quantitative estimate of drug-likeness (QED) is 0.173. The van der Waals surface area contributed by atoms with E-state index in [2.05, 4.69) is 205 Å². The molecule has 2 aliphatic rings. The van der Waals surface area contributed by atoms with Crippen molar-refractivity contribution in [3.05, 3.63) is 234 Å². The zero-order valence-corrected chi connectivity index (χ0v) is 30.2. The fraction of sp³-hybridized carbons (Fsp3) is 0.0370. The number of rotatable bonds is 4. The summed E-state index contributed by atoms with van der Waals surface area (Å²) in [6.07, 6.45) is 0. The summed E-state index contributed by atoms with van der Waals surface area (Å²) in [7, 11) is 0. The highest BCUT2D eigenvalue weighted by Gasteiger charge is 2.32. The van der Waals surface area contributed by atoms with E-state index in [1.54, 1.807) is 0 Å². The standard InChI is InChI=1S/C54H35N/c1-3-14-35(15-4-1)53-43-21-11-9-19-41(43)46-30-38(24-27-45(46)53)39-25-28-51-48(31-39)49-32-47-42-20-10-12-22-44(42)54(36-16-5-2-6-17-36)50(47)33-52(49)55(51)40-26-23-34-13-7-8-18-37(34)29-40/h1-33,53-54H. The first-order chi connectivity index (χ1) is 27.3. The number of hydrogen-bond donors (Lipinski definition) is 0. The van der Waals surface area contributed by atoms with Crippen LogP contribution in [0.15, 0.2) is 200 Å². The Hall–Kier alpha value is -6.96. The first kappa shape index (κ1) is 30.5. The summed E-state index contributed by atoms with van der Waals surface area (Å²) in [5.41, 5.74) is 19.6. The summed E-state index contributed by atoms with van der Waals surface area (Å²) >= 11 is 0. The highest BCUT2D eigenvalue weighted by molar-refractivity contribution is 6.13. The van der Waals surface area contributed by atoms with E-state index < -0.39 is 0 Å². The Labute approximate surface area is 320 Å². The number of benzene rings is 9. The molecule has 0 fully saturated rings. The average Bonchev–Trinajstić information content (AvgIpc) is 3.88. The molecule has 0 spiro atoms. The van der Waals surface area contributed by atoms with Crippen LogP contribution in [0.1, 0.15) is 45.2 Å². The van der Waals surface area contributed by atoms with Gasteiger partial charge in [0, 0.05) is 28.3 Å². The van der Waals surface area contributed by atoms with E-state index in [1.165, 1.54) is 105 Å². The second-order valence-corrected chi connectivity index (χ2v) is 15.2. The zero-order valence-electron chi connectivity index (χ0n) is 30.2. The number of nitrogens with zero attached hydrogens (tertiary/aromatic N) is 1. The third-order valence-electron chi connectivity index (χ3n) is 12.3. The minimum Gasteiger partial charge on any atom is -0.309 e. The highest BCUT2D eigenvalue weighted by atomic mass is 15.0. The van der Waals surface area contributed by atoms with Crippen molar-refractivity contribution in [2.45, 2.75) is 11.8 Å². The first-order valence-corrected chi connectivity index (χ1v) is 19.3. The molecule has 1 aromatic heterocycles. The average molecular weight is 698 g/mol. The molecule has 0 saturated carbocycles. The van der Waals surface area contributed by atoms with Gasteiger partial charge in [0.25, 0.3) is 0 Å². The van der Waals surface area contributed by atoms with Crippen molar-refractivity contribution < 1.29 is 0 Å². The van der Waals surface area contributed by atoms with Gasteiger partial charge >= 0.3 is 0 Å². The van der Waals surface area contributed by atoms with Gasteiger partial charge in [-0.3, -0.25) is 0 Å². The molecule has 2 atom stereocenters. The van der Waals surface area contributed by atoms with Gasteiger partial charge in [-0.1, -0.05) is 158 Å². The summed E-state index contributed by atoms with van der Waals surface area (Å²) in [5.74, 6) is 0.429. The monoisotopic (exact) mass is 697 g/mol. The summed E-state index contributed by atoms with van der Waals surface area (Å²) in [5, 5.41) is 5.05. The molecule has 0 saturated heterocycles. The van der Waals surface area contributed by atoms with Gasteiger partial charge in [0.2, 0.25) is 0 Å². The van der Waals surface area contributed by atoms with E-state index >= 15 is 0 Å². The molecule has 55 heavy (non-hydrogen) atoms. The van der Waals surface area contributed by atoms with Crippen LogP contribution in [0.3, 0.4) is 0 Å². The summed E-state index contributed by atoms with van der Waals surface area (Å²) < 4.78 is 2.50. The molecule has 0 bridgehead atoms. The fourth-order valence-corrected chi connectivity index (χ4v) is 9.88. The van der Waals surface area contributed by atoms with Crippen LogP contribution < -0.4 is 0 Å². The van der Waals surface area contributed by atoms with Crippen molar-refractivity contribution in [1.82, 2.24) is 4.57 Å². The Morgan fingerprint density at radius 1 is 0.309 bits per heavy atom. The Morgan fingerprint density at radius 2 is 0.855 bits per heavy atom. The summed E-state index contributed by atoms with van der Waals surface area (Å²) in [6.45, 7) is 0. The molecule has 0 radical (unpaired) electrons. The smallest absolute Gasteiger partial charge is 0.0544 e. The van der Waals surface area contributed by atoms with Crippen LogP contribution in [0.5, 0.6) is 0 Å². The normalized spacial score (nSPS) is 15.3. The molecule has 0 aliphatic heterocycles. The van der Waals surface area contributed by atoms with Crippen molar-refractivity contribution >= 4 is 32.6 Å². The van der Waals surface area contributed by atoms with Gasteiger partial charge < -0.3 is 4.57 Å². The number of hydrogen-bond acceptors (Lipinski definition) is 0. The maximum Gasteiger partial charge on any atom is 0.0544 e. The molecular formula is C54H35N. The summed E-state index contributed by atoms with van der Waals surface area (Å²) in [6, 6.07) is 74.7. The highest BCUT2D eigenvalue weighted by Crippen LogP contribution is 2.52. The zero-order chi connectivity index (χ0) is 36.0. The van der Waals surface area contributed by atoms with Crippen molar-refractivity contribution in [1.29, 1.82) is 0 Å². The molecule has 9 aromatic carbocycles. The molecule has 1 heteroatoms. The van der Waals surface area contributed by atoms with Crippen molar-refractivity contribution in [3.8, 4) is 39.1 Å². The van der Waals surface area contributed by atoms with Crippen LogP contribution in [0, 0.1) is 0 Å². The third-order valence-corrected chi connectivity index (χ3v) is 12.3. The van der Waals surface area contributed by atoms with Crippen LogP contribution >= 0.6 is 0 Å². The van der Waals surface area contributed by atoms with Gasteiger partial charge in [0.1, 0.15) is 0 Å². The molecule has 12 rings (SSSR count). The third kappa shape index (κ3) is 4.54. The van der Waals surface area contributed by atoms with Crippen LogP contribution in [0.4, 0.5) is 0 Å². The maximum absolute atomic E-state index is 2.50. The minimum atomic E-state index is 0.185. The SMILES string of the molecule is c1ccc(C2c3ccccc3-c3cc(-c4ccc5c(c4)c4cc6c(cc4n5-c4ccc5ccccc5c4)C(c4ccccc4)c4ccccc4-6)ccc32)cc1. The lowest BCUT2D eigenvalue weighted by Gasteiger charge is -2.15. The Morgan fingerprint density at radius 3 is 1.58 bits per heavy atom. The lowest BCUT2D eigenvalue weighted by Crippen LogP contribution is -2.00. The molecule has 256 valence electrons. The molecule has 0 N–H and O–H groups in total. The lowest BCUT2D eigenvalue weighted by atomic mass is 9.88. The van der Waals surface area contributed by atoms with Crippen molar-refractivity contribution in [2.75, 3.05) is 0 Å². The van der Waals surface area contributed by atoms with E-state index in [1.807, 2.05) is 0 Å². The van der Waals surface area contributed by atoms with E-state index in [0.717, 1.165) is 0 Å². The van der Waals surface area contributed by atoms with Gasteiger partial charge in [0.15, 0.2) is 0 Å². The minimum absolute atomic E-state index is 0.185. The predicted octanol–water partition coefficient (Wildman–Crippen LogP) is 13.9. The van der Waals surface area contributed by atoms with Crippen LogP contribution in [0.25, 0.3) is 71.6 Å². The van der Waals surface area contributed by atoms with Gasteiger partial charge in [0.05, 0.1) is 11.0 Å². The van der Waals surface area contributed by atoms with Gasteiger partial charge in [-0.15, -0.1) is 0 Å². The predicted molar refractivity (Wildman–Crippen MR) is 229 cm³/mol. The molecule has 1 heterocycles. The number of aromatic nitrogens is 1. The molecule has 10 aromatic rings. The summed E-state index contributed by atoms with van der Waals surface area (Å²) in [4.78, 5) is 0. The largest absolute Gasteiger partial charge is 0.309 e. The van der Waals surface area contributed by atoms with Gasteiger partial charge in [-0.05, 0) is 120 Å². The van der Waals surface area contributed by atoms with Crippen LogP contribution in [0.2, 0.25) is 0 Å². The van der Waals surface area contributed by atoms with Gasteiger partial charge in [-0.25, -0.2) is 0 Å². The van der Waals surface area contributed by atoms with Crippen LogP contribution in [-0.2, 0) is 0 Å². The Kier molecular flexibility index (Phi) is 6.53. The molecular weight excluding hydrogens is 663 g/mol. The lowest BCUT2D eigenvalue weighted by molar-refractivity contribution is 1.01. The van der Waals surface area contributed by atoms with Crippen molar-refractivity contribution in [3.63, 3.8) is 0 Å². The molecule has 2 aliphatic carbocycles. The van der Waals surface area contributed by atoms with E-state index in [9.17, 15) is 0 Å². The van der Waals surface area contributed by atoms with Gasteiger partial charge in [-0.2, -0.15) is 0 Å². The topological polar surface area (TPSA) is 4.93 Å². The van der Waals surface area contributed by atoms with Crippen LogP contribution in [-0.4, -0.2) is 4.57 Å². The second-order valence-electron chi connectivity index (χ2n) is 15.2. The maximum atomic E-state index is 2.50. The van der Waals surface area contributed by atoms with E-state index in [4.69, 9.17) is 0 Å². The van der Waals surface area contributed by atoms with E-state index in [-0.39, 0.29) is 11.8 Å². The molecule has 0 amide bonds. The second kappa shape index (κ2) is 11.8. The Balaban J connectivity index is 1.09.